The van der Waals surface area contributed by atoms with Gasteiger partial charge in [-0.05, 0) is 62.9 Å². The maximum absolute atomic E-state index is 12.8. The molecule has 0 fully saturated rings. The highest BCUT2D eigenvalue weighted by molar-refractivity contribution is 6.04. The van der Waals surface area contributed by atoms with Gasteiger partial charge in [-0.25, -0.2) is 9.97 Å². The molecule has 1 aromatic carbocycles. The highest BCUT2D eigenvalue weighted by atomic mass is 16.2. The predicted molar refractivity (Wildman–Crippen MR) is 139 cm³/mol. The molecule has 0 bridgehead atoms. The van der Waals surface area contributed by atoms with Crippen LogP contribution in [0, 0.1) is 18.8 Å². The normalized spacial score (nSPS) is 11.4. The van der Waals surface area contributed by atoms with Gasteiger partial charge < -0.3 is 10.6 Å². The summed E-state index contributed by atoms with van der Waals surface area (Å²) in [5.41, 5.74) is 4.85. The second kappa shape index (κ2) is 10.8. The Morgan fingerprint density at radius 1 is 1.11 bits per heavy atom. The predicted octanol–water partition coefficient (Wildman–Crippen LogP) is 4.51. The van der Waals surface area contributed by atoms with E-state index in [9.17, 15) is 9.59 Å². The summed E-state index contributed by atoms with van der Waals surface area (Å²) in [4.78, 5) is 38.4. The van der Waals surface area contributed by atoms with E-state index in [4.69, 9.17) is 4.98 Å². The van der Waals surface area contributed by atoms with E-state index in [1.165, 1.54) is 0 Å². The molecule has 2 N–H and O–H groups in total. The number of amides is 2. The van der Waals surface area contributed by atoms with Gasteiger partial charge in [-0.15, -0.1) is 0 Å². The lowest BCUT2D eigenvalue weighted by atomic mass is 10.1. The summed E-state index contributed by atoms with van der Waals surface area (Å²) in [6.07, 6.45) is 7.19. The summed E-state index contributed by atoms with van der Waals surface area (Å²) in [5, 5.41) is 5.73. The van der Waals surface area contributed by atoms with Crippen molar-refractivity contribution in [1.29, 1.82) is 0 Å². The van der Waals surface area contributed by atoms with Crippen LogP contribution in [-0.2, 0) is 11.2 Å². The van der Waals surface area contributed by atoms with Crippen molar-refractivity contribution in [1.82, 2.24) is 24.7 Å². The van der Waals surface area contributed by atoms with Crippen LogP contribution in [0.2, 0.25) is 0 Å². The molecule has 0 spiro atoms. The average molecular weight is 481 g/mol. The van der Waals surface area contributed by atoms with Gasteiger partial charge in [-0.2, -0.15) is 0 Å². The molecule has 4 rings (SSSR count). The zero-order valence-electron chi connectivity index (χ0n) is 20.8. The van der Waals surface area contributed by atoms with Crippen molar-refractivity contribution in [3.05, 3.63) is 77.6 Å². The first-order chi connectivity index (χ1) is 17.4. The van der Waals surface area contributed by atoms with Crippen LogP contribution in [0.25, 0.3) is 16.8 Å². The van der Waals surface area contributed by atoms with E-state index in [1.54, 1.807) is 31.5 Å². The second-order valence-corrected chi connectivity index (χ2v) is 8.45. The number of nitrogens with one attached hydrogen (secondary N) is 2. The number of rotatable bonds is 7. The van der Waals surface area contributed by atoms with Crippen molar-refractivity contribution < 1.29 is 9.59 Å². The van der Waals surface area contributed by atoms with Crippen molar-refractivity contribution >= 4 is 23.1 Å². The van der Waals surface area contributed by atoms with Crippen molar-refractivity contribution in [2.24, 2.45) is 0 Å². The summed E-state index contributed by atoms with van der Waals surface area (Å²) < 4.78 is 1.93. The first kappa shape index (κ1) is 24.6. The van der Waals surface area contributed by atoms with Gasteiger partial charge in [0, 0.05) is 29.7 Å². The molecular formula is C28H28N6O2. The number of anilines is 1. The van der Waals surface area contributed by atoms with Crippen LogP contribution < -0.4 is 10.6 Å². The summed E-state index contributed by atoms with van der Waals surface area (Å²) >= 11 is 0. The highest BCUT2D eigenvalue weighted by Crippen LogP contribution is 2.29. The number of hydrogen-bond donors (Lipinski definition) is 2. The summed E-state index contributed by atoms with van der Waals surface area (Å²) in [6.45, 7) is 7.51. The molecule has 182 valence electrons. The largest absolute Gasteiger partial charge is 0.336 e. The Hall–Kier alpha value is -4.51. The molecule has 2 amide bonds. The number of carbonyl (C=O) groups is 2. The standard InChI is InChI=1S/C28H28N6O2/c1-5-7-20-13-14-30-23(17-20)32-28(36)22-11-9-21(10-12-22)25-26-18(3)29-15-16-34(26)27(33-25)19(4)31-24(35)8-6-2/h9-17,19H,5,7H2,1-4H3,(H,31,35)(H,30,32,36). The quantitative estimate of drug-likeness (QED) is 0.379. The first-order valence-electron chi connectivity index (χ1n) is 11.8. The first-order valence-corrected chi connectivity index (χ1v) is 11.8. The van der Waals surface area contributed by atoms with Gasteiger partial charge in [0.05, 0.1) is 22.9 Å². The van der Waals surface area contributed by atoms with Gasteiger partial charge in [0.15, 0.2) is 0 Å². The Morgan fingerprint density at radius 3 is 2.61 bits per heavy atom. The maximum Gasteiger partial charge on any atom is 0.296 e. The third-order valence-corrected chi connectivity index (χ3v) is 5.76. The molecule has 1 atom stereocenters. The van der Waals surface area contributed by atoms with Crippen LogP contribution in [0.4, 0.5) is 5.82 Å². The molecule has 36 heavy (non-hydrogen) atoms. The Balaban J connectivity index is 1.62. The van der Waals surface area contributed by atoms with E-state index in [-0.39, 0.29) is 17.9 Å². The number of aryl methyl sites for hydroxylation is 2. The SMILES string of the molecule is CC#CC(=O)NC(C)c1nc(-c2ccc(C(=O)Nc3cc(CCC)ccn3)cc2)c2c(C)nccn12. The molecule has 8 nitrogen and oxygen atoms in total. The van der Waals surface area contributed by atoms with E-state index >= 15 is 0 Å². The van der Waals surface area contributed by atoms with E-state index < -0.39 is 0 Å². The minimum Gasteiger partial charge on any atom is -0.336 e. The highest BCUT2D eigenvalue weighted by Gasteiger charge is 2.20. The number of carbonyl (C=O) groups excluding carboxylic acids is 2. The zero-order chi connectivity index (χ0) is 25.7. The lowest BCUT2D eigenvalue weighted by Gasteiger charge is -2.10. The van der Waals surface area contributed by atoms with E-state index in [0.29, 0.717) is 17.2 Å². The molecule has 0 aliphatic rings. The van der Waals surface area contributed by atoms with Crippen LogP contribution >= 0.6 is 0 Å². The van der Waals surface area contributed by atoms with Gasteiger partial charge in [-0.3, -0.25) is 19.0 Å². The molecule has 0 radical (unpaired) electrons. The monoisotopic (exact) mass is 480 g/mol. The summed E-state index contributed by atoms with van der Waals surface area (Å²) in [5.74, 6) is 5.70. The minimum atomic E-state index is -0.373. The van der Waals surface area contributed by atoms with Crippen molar-refractivity contribution in [3.8, 4) is 23.1 Å². The van der Waals surface area contributed by atoms with Crippen molar-refractivity contribution in [2.45, 2.75) is 46.6 Å². The molecular weight excluding hydrogens is 452 g/mol. The lowest BCUT2D eigenvalue weighted by molar-refractivity contribution is -0.116. The fourth-order valence-corrected chi connectivity index (χ4v) is 4.09. The topological polar surface area (TPSA) is 101 Å². The molecule has 0 aliphatic heterocycles. The van der Waals surface area contributed by atoms with Gasteiger partial charge in [0.2, 0.25) is 0 Å². The van der Waals surface area contributed by atoms with E-state index in [1.807, 2.05) is 48.7 Å². The van der Waals surface area contributed by atoms with Crippen LogP contribution in [-0.4, -0.2) is 31.2 Å². The molecule has 8 heteroatoms. The number of benzene rings is 1. The third kappa shape index (κ3) is 5.26. The average Bonchev–Trinajstić information content (AvgIpc) is 3.26. The summed E-state index contributed by atoms with van der Waals surface area (Å²) in [7, 11) is 0. The van der Waals surface area contributed by atoms with Crippen LogP contribution in [0.15, 0.2) is 55.0 Å². The Morgan fingerprint density at radius 2 is 1.89 bits per heavy atom. The van der Waals surface area contributed by atoms with Gasteiger partial charge in [0.25, 0.3) is 11.8 Å². The van der Waals surface area contributed by atoms with Gasteiger partial charge in [-0.1, -0.05) is 31.4 Å². The van der Waals surface area contributed by atoms with E-state index in [0.717, 1.165) is 40.9 Å². The molecule has 0 saturated heterocycles. The Kier molecular flexibility index (Phi) is 7.40. The molecule has 3 aromatic heterocycles. The van der Waals surface area contributed by atoms with Gasteiger partial charge in [0.1, 0.15) is 11.6 Å². The molecule has 3 heterocycles. The number of aromatic nitrogens is 4. The molecule has 4 aromatic rings. The zero-order valence-corrected chi connectivity index (χ0v) is 20.8. The summed E-state index contributed by atoms with van der Waals surface area (Å²) in [6, 6.07) is 10.7. The smallest absolute Gasteiger partial charge is 0.296 e. The minimum absolute atomic E-state index is 0.232. The van der Waals surface area contributed by atoms with E-state index in [2.05, 4.69) is 39.4 Å². The fourth-order valence-electron chi connectivity index (χ4n) is 4.09. The van der Waals surface area contributed by atoms with Crippen LogP contribution in [0.1, 0.15) is 60.7 Å². The maximum atomic E-state index is 12.8. The third-order valence-electron chi connectivity index (χ3n) is 5.76. The van der Waals surface area contributed by atoms with Gasteiger partial charge >= 0.3 is 0 Å². The molecule has 0 aliphatic carbocycles. The van der Waals surface area contributed by atoms with Crippen molar-refractivity contribution in [3.63, 3.8) is 0 Å². The number of hydrogen-bond acceptors (Lipinski definition) is 5. The number of fused-ring (bicyclic) bond motifs is 1. The van der Waals surface area contributed by atoms with Crippen LogP contribution in [0.5, 0.6) is 0 Å². The number of pyridine rings is 1. The Labute approximate surface area is 210 Å². The Bertz CT molecular complexity index is 1480. The lowest BCUT2D eigenvalue weighted by Crippen LogP contribution is -2.26. The fraction of sp³-hybridized carbons (Fsp3) is 0.250. The molecule has 1 unspecified atom stereocenters. The second-order valence-electron chi connectivity index (χ2n) is 8.45. The van der Waals surface area contributed by atoms with Crippen LogP contribution in [0.3, 0.4) is 0 Å². The molecule has 0 saturated carbocycles. The number of nitrogens with zero attached hydrogens (tertiary/aromatic N) is 4. The van der Waals surface area contributed by atoms with Crippen molar-refractivity contribution in [2.75, 3.05) is 5.32 Å². The number of imidazole rings is 1.